The molecule has 98 valence electrons. The normalized spacial score (nSPS) is 8.28. The first-order chi connectivity index (χ1) is 8.86. The van der Waals surface area contributed by atoms with Crippen LogP contribution in [0.1, 0.15) is 33.3 Å². The highest BCUT2D eigenvalue weighted by atomic mass is 16.5. The van der Waals surface area contributed by atoms with Gasteiger partial charge in [0.1, 0.15) is 5.75 Å². The molecule has 0 unspecified atom stereocenters. The molecule has 0 radical (unpaired) electrons. The summed E-state index contributed by atoms with van der Waals surface area (Å²) in [4.78, 5) is 4.15. The summed E-state index contributed by atoms with van der Waals surface area (Å²) >= 11 is 0. The van der Waals surface area contributed by atoms with Crippen molar-refractivity contribution in [3.8, 4) is 11.6 Å². The molecular formula is C16H23NO. The summed E-state index contributed by atoms with van der Waals surface area (Å²) in [5.74, 6) is 1.48. The standard InChI is InChI=1S/C12H11NO.2C2H6/c1-10-6-5-9-13-12(10)14-11-7-3-2-4-8-11;2*1-2/h2-9H,1H3;2*1-2H3. The second-order valence-corrected chi connectivity index (χ2v) is 3.04. The highest BCUT2D eigenvalue weighted by molar-refractivity contribution is 5.30. The third kappa shape index (κ3) is 5.48. The molecule has 0 atom stereocenters. The molecule has 0 saturated carbocycles. The average Bonchev–Trinajstić information content (AvgIpc) is 2.47. The van der Waals surface area contributed by atoms with Gasteiger partial charge >= 0.3 is 0 Å². The van der Waals surface area contributed by atoms with Gasteiger partial charge in [-0.25, -0.2) is 4.98 Å². The topological polar surface area (TPSA) is 22.1 Å². The number of aromatic nitrogens is 1. The van der Waals surface area contributed by atoms with Crippen molar-refractivity contribution in [3.63, 3.8) is 0 Å². The number of benzene rings is 1. The minimum absolute atomic E-state index is 0.665. The van der Waals surface area contributed by atoms with E-state index >= 15 is 0 Å². The predicted octanol–water partition coefficient (Wildman–Crippen LogP) is 5.23. The second kappa shape index (κ2) is 10.3. The Balaban J connectivity index is 0.000000659. The summed E-state index contributed by atoms with van der Waals surface area (Å²) in [5, 5.41) is 0. The molecule has 1 heterocycles. The number of nitrogens with zero attached hydrogens (tertiary/aromatic N) is 1. The zero-order valence-corrected chi connectivity index (χ0v) is 12.0. The van der Waals surface area contributed by atoms with Gasteiger partial charge < -0.3 is 4.74 Å². The van der Waals surface area contributed by atoms with E-state index in [-0.39, 0.29) is 0 Å². The number of rotatable bonds is 2. The van der Waals surface area contributed by atoms with Gasteiger partial charge in [0.15, 0.2) is 0 Å². The van der Waals surface area contributed by atoms with Gasteiger partial charge in [-0.05, 0) is 25.1 Å². The Morgan fingerprint density at radius 1 is 0.833 bits per heavy atom. The average molecular weight is 245 g/mol. The number of pyridine rings is 1. The highest BCUT2D eigenvalue weighted by Gasteiger charge is 1.99. The fourth-order valence-corrected chi connectivity index (χ4v) is 1.18. The van der Waals surface area contributed by atoms with E-state index in [0.29, 0.717) is 5.88 Å². The lowest BCUT2D eigenvalue weighted by atomic mass is 10.3. The Morgan fingerprint density at radius 2 is 1.44 bits per heavy atom. The number of aryl methyl sites for hydroxylation is 1. The van der Waals surface area contributed by atoms with Gasteiger partial charge in [-0.1, -0.05) is 52.0 Å². The highest BCUT2D eigenvalue weighted by Crippen LogP contribution is 2.21. The Morgan fingerprint density at radius 3 is 2.00 bits per heavy atom. The maximum absolute atomic E-state index is 5.60. The summed E-state index contributed by atoms with van der Waals surface area (Å²) in [6, 6.07) is 13.5. The van der Waals surface area contributed by atoms with Crippen LogP contribution in [-0.4, -0.2) is 4.98 Å². The molecule has 0 saturated heterocycles. The first kappa shape index (κ1) is 16.2. The number of hydrogen-bond donors (Lipinski definition) is 0. The van der Waals surface area contributed by atoms with Gasteiger partial charge in [-0.15, -0.1) is 0 Å². The van der Waals surface area contributed by atoms with E-state index in [9.17, 15) is 0 Å². The van der Waals surface area contributed by atoms with Crippen molar-refractivity contribution in [2.45, 2.75) is 34.6 Å². The molecule has 0 aliphatic rings. The van der Waals surface area contributed by atoms with Crippen molar-refractivity contribution in [2.24, 2.45) is 0 Å². The van der Waals surface area contributed by atoms with Gasteiger partial charge in [0, 0.05) is 11.8 Å². The third-order valence-corrected chi connectivity index (χ3v) is 1.92. The fraction of sp³-hybridized carbons (Fsp3) is 0.312. The summed E-state index contributed by atoms with van der Waals surface area (Å²) in [5.41, 5.74) is 1.04. The lowest BCUT2D eigenvalue weighted by molar-refractivity contribution is 0.459. The maximum Gasteiger partial charge on any atom is 0.222 e. The van der Waals surface area contributed by atoms with E-state index < -0.39 is 0 Å². The molecule has 2 aromatic rings. The van der Waals surface area contributed by atoms with Crippen molar-refractivity contribution in [2.75, 3.05) is 0 Å². The number of ether oxygens (including phenoxy) is 1. The van der Waals surface area contributed by atoms with Crippen LogP contribution in [0, 0.1) is 6.92 Å². The van der Waals surface area contributed by atoms with Crippen LogP contribution in [0.5, 0.6) is 11.6 Å². The molecule has 0 bridgehead atoms. The Labute approximate surface area is 111 Å². The molecule has 1 aromatic carbocycles. The van der Waals surface area contributed by atoms with Gasteiger partial charge in [0.05, 0.1) is 0 Å². The molecule has 18 heavy (non-hydrogen) atoms. The van der Waals surface area contributed by atoms with E-state index in [1.807, 2.05) is 77.1 Å². The lowest BCUT2D eigenvalue weighted by Gasteiger charge is -2.05. The predicted molar refractivity (Wildman–Crippen MR) is 78.2 cm³/mol. The Hall–Kier alpha value is -1.83. The van der Waals surface area contributed by atoms with Crippen LogP contribution in [0.2, 0.25) is 0 Å². The molecule has 0 aliphatic carbocycles. The third-order valence-electron chi connectivity index (χ3n) is 1.92. The molecule has 1 aromatic heterocycles. The van der Waals surface area contributed by atoms with E-state index in [0.717, 1.165) is 11.3 Å². The van der Waals surface area contributed by atoms with Gasteiger partial charge in [-0.2, -0.15) is 0 Å². The van der Waals surface area contributed by atoms with Crippen LogP contribution in [0.25, 0.3) is 0 Å². The first-order valence-corrected chi connectivity index (χ1v) is 6.51. The van der Waals surface area contributed by atoms with Gasteiger partial charge in [0.2, 0.25) is 5.88 Å². The Kier molecular flexibility index (Phi) is 9.28. The molecule has 0 amide bonds. The molecule has 2 nitrogen and oxygen atoms in total. The zero-order chi connectivity index (χ0) is 13.8. The largest absolute Gasteiger partial charge is 0.439 e. The Bertz CT molecular complexity index is 412. The monoisotopic (exact) mass is 245 g/mol. The number of para-hydroxylation sites is 1. The molecule has 0 fully saturated rings. The van der Waals surface area contributed by atoms with Crippen LogP contribution >= 0.6 is 0 Å². The van der Waals surface area contributed by atoms with E-state index in [4.69, 9.17) is 4.74 Å². The van der Waals surface area contributed by atoms with Crippen LogP contribution in [0.3, 0.4) is 0 Å². The zero-order valence-electron chi connectivity index (χ0n) is 12.0. The van der Waals surface area contributed by atoms with Crippen molar-refractivity contribution in [3.05, 3.63) is 54.2 Å². The molecule has 0 N–H and O–H groups in total. The van der Waals surface area contributed by atoms with E-state index in [1.165, 1.54) is 0 Å². The minimum atomic E-state index is 0.665. The fourth-order valence-electron chi connectivity index (χ4n) is 1.18. The maximum atomic E-state index is 5.60. The summed E-state index contributed by atoms with van der Waals surface area (Å²) in [7, 11) is 0. The van der Waals surface area contributed by atoms with E-state index in [1.54, 1.807) is 6.20 Å². The summed E-state index contributed by atoms with van der Waals surface area (Å²) < 4.78 is 5.60. The first-order valence-electron chi connectivity index (χ1n) is 6.51. The lowest BCUT2D eigenvalue weighted by Crippen LogP contribution is -1.89. The second-order valence-electron chi connectivity index (χ2n) is 3.04. The molecule has 2 rings (SSSR count). The van der Waals surface area contributed by atoms with Crippen molar-refractivity contribution in [1.82, 2.24) is 4.98 Å². The van der Waals surface area contributed by atoms with Crippen LogP contribution in [0.4, 0.5) is 0 Å². The number of hydrogen-bond acceptors (Lipinski definition) is 2. The van der Waals surface area contributed by atoms with Gasteiger partial charge in [0.25, 0.3) is 0 Å². The molecule has 2 heteroatoms. The van der Waals surface area contributed by atoms with Crippen LogP contribution < -0.4 is 4.74 Å². The molecule has 0 spiro atoms. The van der Waals surface area contributed by atoms with Crippen molar-refractivity contribution >= 4 is 0 Å². The van der Waals surface area contributed by atoms with Crippen molar-refractivity contribution < 1.29 is 4.74 Å². The molecule has 0 aliphatic heterocycles. The van der Waals surface area contributed by atoms with E-state index in [2.05, 4.69) is 4.98 Å². The van der Waals surface area contributed by atoms with Crippen molar-refractivity contribution in [1.29, 1.82) is 0 Å². The minimum Gasteiger partial charge on any atom is -0.439 e. The summed E-state index contributed by atoms with van der Waals surface area (Å²) in [6.07, 6.45) is 1.73. The van der Waals surface area contributed by atoms with Crippen LogP contribution in [0.15, 0.2) is 48.7 Å². The summed E-state index contributed by atoms with van der Waals surface area (Å²) in [6.45, 7) is 9.98. The van der Waals surface area contributed by atoms with Crippen LogP contribution in [-0.2, 0) is 0 Å². The quantitative estimate of drug-likeness (QED) is 0.722. The smallest absolute Gasteiger partial charge is 0.222 e. The molecular weight excluding hydrogens is 222 g/mol. The van der Waals surface area contributed by atoms with Gasteiger partial charge in [-0.3, -0.25) is 0 Å². The SMILES string of the molecule is CC.CC.Cc1cccnc1Oc1ccccc1.